The van der Waals surface area contributed by atoms with Crippen molar-refractivity contribution in [3.05, 3.63) is 0 Å². The number of alkyl halides is 1. The molecule has 0 spiro atoms. The molecule has 0 aromatic rings. The molecule has 0 heterocycles. The van der Waals surface area contributed by atoms with Crippen LogP contribution in [-0.4, -0.2) is 19.8 Å². The Hall–Kier alpha value is 0.467. The summed E-state index contributed by atoms with van der Waals surface area (Å²) >= 11 is 5.70. The van der Waals surface area contributed by atoms with E-state index in [1.165, 1.54) is 0 Å². The van der Waals surface area contributed by atoms with Crippen LogP contribution in [0.4, 0.5) is 0 Å². The van der Waals surface area contributed by atoms with Crippen LogP contribution < -0.4 is 0 Å². The Kier molecular flexibility index (Phi) is 3.39. The standard InChI is InChI=1S/C7H17ClOSi/c1-7(2,6-8)9-10(3,4)5/h6H2,1-5H3. The molecule has 3 heteroatoms. The molecule has 0 fully saturated rings. The molecule has 0 saturated heterocycles. The molecule has 0 rings (SSSR count). The van der Waals surface area contributed by atoms with Crippen molar-refractivity contribution in [2.24, 2.45) is 0 Å². The quantitative estimate of drug-likeness (QED) is 0.480. The van der Waals surface area contributed by atoms with Crippen molar-refractivity contribution in [2.45, 2.75) is 39.1 Å². The van der Waals surface area contributed by atoms with Crippen LogP contribution in [0.5, 0.6) is 0 Å². The first-order chi connectivity index (χ1) is 4.27. The summed E-state index contributed by atoms with van der Waals surface area (Å²) in [5.74, 6) is 0.567. The summed E-state index contributed by atoms with van der Waals surface area (Å²) in [6.07, 6.45) is 0. The van der Waals surface area contributed by atoms with E-state index in [1.807, 2.05) is 13.8 Å². The van der Waals surface area contributed by atoms with Gasteiger partial charge in [0, 0.05) is 5.88 Å². The molecule has 1 nitrogen and oxygen atoms in total. The van der Waals surface area contributed by atoms with Crippen LogP contribution in [0.2, 0.25) is 19.6 Å². The van der Waals surface area contributed by atoms with Gasteiger partial charge in [0.2, 0.25) is 0 Å². The van der Waals surface area contributed by atoms with Gasteiger partial charge in [-0.15, -0.1) is 11.6 Å². The predicted octanol–water partition coefficient (Wildman–Crippen LogP) is 2.86. The van der Waals surface area contributed by atoms with E-state index in [2.05, 4.69) is 19.6 Å². The highest BCUT2D eigenvalue weighted by molar-refractivity contribution is 6.69. The Labute approximate surface area is 69.9 Å². The van der Waals surface area contributed by atoms with Crippen molar-refractivity contribution >= 4 is 19.9 Å². The number of hydrogen-bond acceptors (Lipinski definition) is 1. The van der Waals surface area contributed by atoms with Gasteiger partial charge in [0.05, 0.1) is 5.60 Å². The molecule has 0 aromatic carbocycles. The van der Waals surface area contributed by atoms with Crippen LogP contribution in [0.1, 0.15) is 13.8 Å². The molecule has 0 atom stereocenters. The van der Waals surface area contributed by atoms with E-state index in [-0.39, 0.29) is 5.60 Å². The fourth-order valence-corrected chi connectivity index (χ4v) is 2.73. The number of halogens is 1. The molecule has 0 saturated carbocycles. The number of hydrogen-bond donors (Lipinski definition) is 0. The van der Waals surface area contributed by atoms with Gasteiger partial charge in [-0.1, -0.05) is 0 Å². The number of rotatable bonds is 3. The molecule has 62 valence electrons. The van der Waals surface area contributed by atoms with Gasteiger partial charge in [-0.05, 0) is 33.5 Å². The smallest absolute Gasteiger partial charge is 0.184 e. The Morgan fingerprint density at radius 1 is 1.30 bits per heavy atom. The molecule has 0 radical (unpaired) electrons. The zero-order valence-corrected chi connectivity index (χ0v) is 9.25. The van der Waals surface area contributed by atoms with E-state index >= 15 is 0 Å². The predicted molar refractivity (Wildman–Crippen MR) is 49.2 cm³/mol. The lowest BCUT2D eigenvalue weighted by Crippen LogP contribution is -2.39. The minimum absolute atomic E-state index is 0.147. The van der Waals surface area contributed by atoms with Gasteiger partial charge in [-0.2, -0.15) is 0 Å². The van der Waals surface area contributed by atoms with Crippen LogP contribution in [0.25, 0.3) is 0 Å². The molecule has 0 bridgehead atoms. The van der Waals surface area contributed by atoms with Gasteiger partial charge < -0.3 is 4.43 Å². The van der Waals surface area contributed by atoms with Crippen molar-refractivity contribution < 1.29 is 4.43 Å². The van der Waals surface area contributed by atoms with Crippen LogP contribution in [0.3, 0.4) is 0 Å². The lowest BCUT2D eigenvalue weighted by Gasteiger charge is -2.31. The molecule has 0 aromatic heterocycles. The molecule has 0 unspecified atom stereocenters. The fraction of sp³-hybridized carbons (Fsp3) is 1.00. The molecule has 0 aliphatic rings. The van der Waals surface area contributed by atoms with Gasteiger partial charge in [0.15, 0.2) is 8.32 Å². The minimum atomic E-state index is -1.40. The maximum absolute atomic E-state index is 5.78. The lowest BCUT2D eigenvalue weighted by molar-refractivity contribution is 0.126. The first-order valence-electron chi connectivity index (χ1n) is 3.53. The van der Waals surface area contributed by atoms with Crippen molar-refractivity contribution in [3.63, 3.8) is 0 Å². The van der Waals surface area contributed by atoms with Crippen molar-refractivity contribution in [1.29, 1.82) is 0 Å². The second-order valence-electron chi connectivity index (χ2n) is 4.11. The van der Waals surface area contributed by atoms with E-state index in [1.54, 1.807) is 0 Å². The zero-order chi connectivity index (χ0) is 8.41. The van der Waals surface area contributed by atoms with E-state index < -0.39 is 8.32 Å². The van der Waals surface area contributed by atoms with Crippen LogP contribution in [-0.2, 0) is 4.43 Å². The van der Waals surface area contributed by atoms with Crippen LogP contribution in [0, 0.1) is 0 Å². The highest BCUT2D eigenvalue weighted by Gasteiger charge is 2.25. The van der Waals surface area contributed by atoms with E-state index in [9.17, 15) is 0 Å². The van der Waals surface area contributed by atoms with E-state index in [0.29, 0.717) is 5.88 Å². The van der Waals surface area contributed by atoms with E-state index in [0.717, 1.165) is 0 Å². The largest absolute Gasteiger partial charge is 0.412 e. The van der Waals surface area contributed by atoms with Crippen LogP contribution >= 0.6 is 11.6 Å². The van der Waals surface area contributed by atoms with Gasteiger partial charge >= 0.3 is 0 Å². The first-order valence-corrected chi connectivity index (χ1v) is 7.47. The third-order valence-corrected chi connectivity index (χ3v) is 2.71. The van der Waals surface area contributed by atoms with Gasteiger partial charge in [-0.25, -0.2) is 0 Å². The molecule has 0 aliphatic heterocycles. The third kappa shape index (κ3) is 5.27. The summed E-state index contributed by atoms with van der Waals surface area (Å²) < 4.78 is 5.78. The zero-order valence-electron chi connectivity index (χ0n) is 7.49. The SMILES string of the molecule is CC(C)(CCl)O[Si](C)(C)C. The molecular formula is C7H17ClOSi. The average Bonchev–Trinajstić information content (AvgIpc) is 1.60. The Bertz CT molecular complexity index is 107. The van der Waals surface area contributed by atoms with Gasteiger partial charge in [-0.3, -0.25) is 0 Å². The van der Waals surface area contributed by atoms with Gasteiger partial charge in [0.25, 0.3) is 0 Å². The average molecular weight is 181 g/mol. The molecular weight excluding hydrogens is 164 g/mol. The Morgan fingerprint density at radius 3 is 1.80 bits per heavy atom. The lowest BCUT2D eigenvalue weighted by atomic mass is 10.2. The molecule has 0 amide bonds. The monoisotopic (exact) mass is 180 g/mol. The summed E-state index contributed by atoms with van der Waals surface area (Å²) in [5, 5.41) is 0. The summed E-state index contributed by atoms with van der Waals surface area (Å²) in [4.78, 5) is 0. The normalized spacial score (nSPS) is 13.8. The topological polar surface area (TPSA) is 9.23 Å². The summed E-state index contributed by atoms with van der Waals surface area (Å²) in [6, 6.07) is 0. The summed E-state index contributed by atoms with van der Waals surface area (Å²) in [7, 11) is -1.40. The van der Waals surface area contributed by atoms with Crippen molar-refractivity contribution in [3.8, 4) is 0 Å². The molecule has 0 N–H and O–H groups in total. The third-order valence-electron chi connectivity index (χ3n) is 0.904. The second-order valence-corrected chi connectivity index (χ2v) is 8.80. The second kappa shape index (κ2) is 3.24. The van der Waals surface area contributed by atoms with Crippen molar-refractivity contribution in [2.75, 3.05) is 5.88 Å². The highest BCUT2D eigenvalue weighted by Crippen LogP contribution is 2.18. The van der Waals surface area contributed by atoms with Crippen molar-refractivity contribution in [1.82, 2.24) is 0 Å². The maximum Gasteiger partial charge on any atom is 0.184 e. The Balaban J connectivity index is 3.89. The van der Waals surface area contributed by atoms with Gasteiger partial charge in [0.1, 0.15) is 0 Å². The molecule has 10 heavy (non-hydrogen) atoms. The van der Waals surface area contributed by atoms with Crippen LogP contribution in [0.15, 0.2) is 0 Å². The Morgan fingerprint density at radius 2 is 1.70 bits per heavy atom. The highest BCUT2D eigenvalue weighted by atomic mass is 35.5. The summed E-state index contributed by atoms with van der Waals surface area (Å²) in [5.41, 5.74) is -0.147. The maximum atomic E-state index is 5.78. The minimum Gasteiger partial charge on any atom is -0.412 e. The fourth-order valence-electron chi connectivity index (χ4n) is 0.856. The van der Waals surface area contributed by atoms with E-state index in [4.69, 9.17) is 16.0 Å². The molecule has 0 aliphatic carbocycles. The summed E-state index contributed by atoms with van der Waals surface area (Å²) in [6.45, 7) is 10.6. The first kappa shape index (κ1) is 10.5.